The summed E-state index contributed by atoms with van der Waals surface area (Å²) in [6.07, 6.45) is 7.84. The number of hydrogen-bond acceptors (Lipinski definition) is 5. The number of rotatable bonds is 6. The van der Waals surface area contributed by atoms with Crippen molar-refractivity contribution in [2.24, 2.45) is 0 Å². The van der Waals surface area contributed by atoms with Crippen LogP contribution in [0.25, 0.3) is 5.82 Å². The molecule has 0 spiro atoms. The second-order valence-electron chi connectivity index (χ2n) is 7.72. The van der Waals surface area contributed by atoms with Crippen LogP contribution in [0.4, 0.5) is 5.69 Å². The average Bonchev–Trinajstić information content (AvgIpc) is 3.54. The standard InChI is InChI=1S/C24H23N5O2/c1-17-13-19-5-2-3-6-21(19)28(17)16-22-20(8-12-31-22)24(30)26-15-18-7-10-25-23(14-18)29-11-4-9-27-29/h2-12,14,17H,13,15-16H2,1H3,(H,26,30). The highest BCUT2D eigenvalue weighted by Gasteiger charge is 2.27. The Kier molecular flexibility index (Phi) is 5.00. The minimum Gasteiger partial charge on any atom is -0.467 e. The number of hydrogen-bond donors (Lipinski definition) is 1. The number of nitrogens with one attached hydrogen (secondary N) is 1. The zero-order valence-corrected chi connectivity index (χ0v) is 17.2. The summed E-state index contributed by atoms with van der Waals surface area (Å²) in [5, 5.41) is 7.19. The first-order valence-corrected chi connectivity index (χ1v) is 10.3. The number of para-hydroxylation sites is 1. The lowest BCUT2D eigenvalue weighted by Gasteiger charge is -2.24. The number of carbonyl (C=O) groups is 1. The quantitative estimate of drug-likeness (QED) is 0.521. The minimum absolute atomic E-state index is 0.152. The van der Waals surface area contributed by atoms with Crippen molar-refractivity contribution in [1.29, 1.82) is 0 Å². The highest BCUT2D eigenvalue weighted by molar-refractivity contribution is 5.95. The van der Waals surface area contributed by atoms with E-state index in [0.29, 0.717) is 36.3 Å². The monoisotopic (exact) mass is 413 g/mol. The largest absolute Gasteiger partial charge is 0.467 e. The third kappa shape index (κ3) is 3.82. The fraction of sp³-hybridized carbons (Fsp3) is 0.208. The van der Waals surface area contributed by atoms with E-state index in [9.17, 15) is 4.79 Å². The molecule has 1 N–H and O–H groups in total. The predicted octanol–water partition coefficient (Wildman–Crippen LogP) is 3.74. The van der Waals surface area contributed by atoms with Gasteiger partial charge in [-0.05, 0) is 54.8 Å². The lowest BCUT2D eigenvalue weighted by Crippen LogP contribution is -2.30. The van der Waals surface area contributed by atoms with Crippen LogP contribution in [0.5, 0.6) is 0 Å². The first-order valence-electron chi connectivity index (χ1n) is 10.3. The number of fused-ring (bicyclic) bond motifs is 1. The molecule has 7 heteroatoms. The third-order valence-electron chi connectivity index (χ3n) is 5.65. The molecule has 1 unspecified atom stereocenters. The molecule has 0 aliphatic carbocycles. The van der Waals surface area contributed by atoms with E-state index in [1.165, 1.54) is 11.3 Å². The van der Waals surface area contributed by atoms with Crippen LogP contribution in [-0.2, 0) is 19.5 Å². The van der Waals surface area contributed by atoms with E-state index in [4.69, 9.17) is 4.42 Å². The fourth-order valence-corrected chi connectivity index (χ4v) is 4.07. The van der Waals surface area contributed by atoms with Gasteiger partial charge in [0, 0.05) is 36.9 Å². The minimum atomic E-state index is -0.152. The molecule has 4 aromatic rings. The van der Waals surface area contributed by atoms with Crippen molar-refractivity contribution in [3.63, 3.8) is 0 Å². The number of carbonyl (C=O) groups excluding carboxylic acids is 1. The van der Waals surface area contributed by atoms with E-state index in [-0.39, 0.29) is 5.91 Å². The van der Waals surface area contributed by atoms with Crippen LogP contribution >= 0.6 is 0 Å². The first kappa shape index (κ1) is 19.1. The molecule has 1 aromatic carbocycles. The number of aromatic nitrogens is 3. The Morgan fingerprint density at radius 2 is 2.10 bits per heavy atom. The highest BCUT2D eigenvalue weighted by Crippen LogP contribution is 2.33. The first-order chi connectivity index (χ1) is 15.2. The van der Waals surface area contributed by atoms with Crippen LogP contribution in [0.3, 0.4) is 0 Å². The lowest BCUT2D eigenvalue weighted by atomic mass is 10.1. The number of furan rings is 1. The second-order valence-corrected chi connectivity index (χ2v) is 7.72. The maximum atomic E-state index is 12.9. The number of anilines is 1. The van der Waals surface area contributed by atoms with Crippen LogP contribution in [0.2, 0.25) is 0 Å². The normalized spacial score (nSPS) is 15.1. The van der Waals surface area contributed by atoms with Crippen molar-refractivity contribution in [1.82, 2.24) is 20.1 Å². The molecule has 0 bridgehead atoms. The van der Waals surface area contributed by atoms with Gasteiger partial charge < -0.3 is 14.6 Å². The molecule has 1 amide bonds. The number of pyridine rings is 1. The Hall–Kier alpha value is -3.87. The summed E-state index contributed by atoms with van der Waals surface area (Å²) in [7, 11) is 0. The average molecular weight is 413 g/mol. The van der Waals surface area contributed by atoms with E-state index in [1.807, 2.05) is 30.5 Å². The maximum Gasteiger partial charge on any atom is 0.255 e. The maximum absolute atomic E-state index is 12.9. The Labute approximate surface area is 180 Å². The zero-order chi connectivity index (χ0) is 21.2. The Balaban J connectivity index is 1.28. The topological polar surface area (TPSA) is 76.2 Å². The van der Waals surface area contributed by atoms with Gasteiger partial charge in [0.25, 0.3) is 5.91 Å². The Morgan fingerprint density at radius 1 is 1.19 bits per heavy atom. The van der Waals surface area contributed by atoms with Gasteiger partial charge in [0.05, 0.1) is 18.4 Å². The van der Waals surface area contributed by atoms with Crippen molar-refractivity contribution >= 4 is 11.6 Å². The zero-order valence-electron chi connectivity index (χ0n) is 17.2. The van der Waals surface area contributed by atoms with E-state index in [1.54, 1.807) is 29.4 Å². The van der Waals surface area contributed by atoms with Crippen molar-refractivity contribution < 1.29 is 9.21 Å². The molecule has 0 saturated carbocycles. The summed E-state index contributed by atoms with van der Waals surface area (Å²) in [6.45, 7) is 3.15. The summed E-state index contributed by atoms with van der Waals surface area (Å²) >= 11 is 0. The van der Waals surface area contributed by atoms with Gasteiger partial charge in [-0.3, -0.25) is 4.79 Å². The molecule has 7 nitrogen and oxygen atoms in total. The molecule has 3 aromatic heterocycles. The summed E-state index contributed by atoms with van der Waals surface area (Å²) in [5.41, 5.74) is 4.05. The summed E-state index contributed by atoms with van der Waals surface area (Å²) in [4.78, 5) is 19.5. The van der Waals surface area contributed by atoms with E-state index in [2.05, 4.69) is 45.4 Å². The molecule has 156 valence electrons. The van der Waals surface area contributed by atoms with Crippen molar-refractivity contribution in [3.05, 3.63) is 95.8 Å². The van der Waals surface area contributed by atoms with Crippen LogP contribution in [0, 0.1) is 0 Å². The molecule has 31 heavy (non-hydrogen) atoms. The molecule has 4 heterocycles. The molecular formula is C24H23N5O2. The predicted molar refractivity (Wildman–Crippen MR) is 117 cm³/mol. The van der Waals surface area contributed by atoms with Crippen molar-refractivity contribution in [3.8, 4) is 5.82 Å². The van der Waals surface area contributed by atoms with Gasteiger partial charge in [-0.2, -0.15) is 5.10 Å². The van der Waals surface area contributed by atoms with E-state index >= 15 is 0 Å². The van der Waals surface area contributed by atoms with Gasteiger partial charge in [-0.15, -0.1) is 0 Å². The third-order valence-corrected chi connectivity index (χ3v) is 5.65. The Bertz CT molecular complexity index is 1200. The van der Waals surface area contributed by atoms with Gasteiger partial charge >= 0.3 is 0 Å². The van der Waals surface area contributed by atoms with Gasteiger partial charge in [0.15, 0.2) is 5.82 Å². The molecule has 1 aliphatic rings. The summed E-state index contributed by atoms with van der Waals surface area (Å²) in [5.74, 6) is 1.23. The fourth-order valence-electron chi connectivity index (χ4n) is 4.07. The van der Waals surface area contributed by atoms with Gasteiger partial charge in [-0.1, -0.05) is 18.2 Å². The molecule has 0 radical (unpaired) electrons. The SMILES string of the molecule is CC1Cc2ccccc2N1Cc1occc1C(=O)NCc1ccnc(-n2cccn2)c1. The summed E-state index contributed by atoms with van der Waals surface area (Å²) < 4.78 is 7.40. The van der Waals surface area contributed by atoms with Crippen molar-refractivity contribution in [2.75, 3.05) is 4.90 Å². The van der Waals surface area contributed by atoms with Crippen LogP contribution in [0.1, 0.15) is 34.2 Å². The molecule has 1 atom stereocenters. The lowest BCUT2D eigenvalue weighted by molar-refractivity contribution is 0.0949. The number of amides is 1. The van der Waals surface area contributed by atoms with Gasteiger partial charge in [-0.25, -0.2) is 9.67 Å². The molecule has 0 saturated heterocycles. The van der Waals surface area contributed by atoms with Gasteiger partial charge in [0.1, 0.15) is 5.76 Å². The molecule has 1 aliphatic heterocycles. The van der Waals surface area contributed by atoms with Gasteiger partial charge in [0.2, 0.25) is 0 Å². The number of benzene rings is 1. The smallest absolute Gasteiger partial charge is 0.255 e. The van der Waals surface area contributed by atoms with Crippen LogP contribution in [0.15, 0.2) is 77.8 Å². The summed E-state index contributed by atoms with van der Waals surface area (Å²) in [6, 6.07) is 16.1. The van der Waals surface area contributed by atoms with E-state index in [0.717, 1.165) is 12.0 Å². The van der Waals surface area contributed by atoms with Crippen LogP contribution < -0.4 is 10.2 Å². The van der Waals surface area contributed by atoms with E-state index < -0.39 is 0 Å². The second kappa shape index (κ2) is 8.10. The highest BCUT2D eigenvalue weighted by atomic mass is 16.3. The van der Waals surface area contributed by atoms with Crippen molar-refractivity contribution in [2.45, 2.75) is 32.5 Å². The molecule has 5 rings (SSSR count). The molecule has 0 fully saturated rings. The molecular weight excluding hydrogens is 390 g/mol. The number of nitrogens with zero attached hydrogens (tertiary/aromatic N) is 4. The Morgan fingerprint density at radius 3 is 2.97 bits per heavy atom. The van der Waals surface area contributed by atoms with Crippen LogP contribution in [-0.4, -0.2) is 26.7 Å².